The van der Waals surface area contributed by atoms with Gasteiger partial charge in [-0.1, -0.05) is 0 Å². The summed E-state index contributed by atoms with van der Waals surface area (Å²) in [6, 6.07) is 7.71. The summed E-state index contributed by atoms with van der Waals surface area (Å²) in [5.41, 5.74) is 2.02. The minimum Gasteiger partial charge on any atom is -0.462 e. The number of esters is 1. The third kappa shape index (κ3) is 5.22. The number of rotatable bonds is 8. The van der Waals surface area contributed by atoms with Crippen LogP contribution in [0, 0.1) is 11.6 Å². The number of hydrogen-bond acceptors (Lipinski definition) is 6. The molecule has 3 N–H and O–H groups in total. The molecule has 9 heteroatoms. The molecule has 7 nitrogen and oxygen atoms in total. The molecule has 0 fully saturated rings. The van der Waals surface area contributed by atoms with E-state index in [0.29, 0.717) is 5.69 Å². The Morgan fingerprint density at radius 1 is 1.11 bits per heavy atom. The van der Waals surface area contributed by atoms with Gasteiger partial charge in [-0.05, 0) is 43.3 Å². The van der Waals surface area contributed by atoms with Crippen LogP contribution in [-0.2, 0) is 9.57 Å². The Bertz CT molecular complexity index is 812. The number of anilines is 2. The minimum absolute atomic E-state index is 0.159. The minimum atomic E-state index is -1.25. The van der Waals surface area contributed by atoms with Gasteiger partial charge in [0.1, 0.15) is 0 Å². The van der Waals surface area contributed by atoms with Crippen LogP contribution in [0.3, 0.4) is 0 Å². The second kappa shape index (κ2) is 9.60. The first-order chi connectivity index (χ1) is 13.0. The molecule has 0 heterocycles. The van der Waals surface area contributed by atoms with E-state index in [1.165, 1.54) is 24.3 Å². The molecule has 0 aliphatic rings. The highest BCUT2D eigenvalue weighted by molar-refractivity contribution is 6.00. The maximum absolute atomic E-state index is 14.2. The Morgan fingerprint density at radius 3 is 2.44 bits per heavy atom. The van der Waals surface area contributed by atoms with Gasteiger partial charge in [0.2, 0.25) is 0 Å². The Labute approximate surface area is 153 Å². The maximum atomic E-state index is 14.2. The number of benzene rings is 2. The Morgan fingerprint density at radius 2 is 1.81 bits per heavy atom. The number of aliphatic hydroxyl groups is 1. The quantitative estimate of drug-likeness (QED) is 0.370. The summed E-state index contributed by atoms with van der Waals surface area (Å²) >= 11 is 0. The van der Waals surface area contributed by atoms with Gasteiger partial charge in [-0.25, -0.2) is 19.1 Å². The number of aliphatic hydroxyl groups excluding tert-OH is 1. The van der Waals surface area contributed by atoms with Crippen LogP contribution >= 0.6 is 0 Å². The predicted molar refractivity (Wildman–Crippen MR) is 92.5 cm³/mol. The van der Waals surface area contributed by atoms with Crippen molar-refractivity contribution in [3.8, 4) is 0 Å². The van der Waals surface area contributed by atoms with Gasteiger partial charge in [-0.2, -0.15) is 0 Å². The zero-order valence-corrected chi connectivity index (χ0v) is 14.4. The lowest BCUT2D eigenvalue weighted by Gasteiger charge is -2.14. The lowest BCUT2D eigenvalue weighted by Crippen LogP contribution is -2.26. The number of nitrogens with one attached hydrogen (secondary N) is 2. The first-order valence-electron chi connectivity index (χ1n) is 8.03. The van der Waals surface area contributed by atoms with Crippen molar-refractivity contribution in [3.05, 3.63) is 59.2 Å². The molecular weight excluding hydrogens is 362 g/mol. The lowest BCUT2D eigenvalue weighted by atomic mass is 10.1. The van der Waals surface area contributed by atoms with E-state index in [1.54, 1.807) is 6.92 Å². The fraction of sp³-hybridized carbons (Fsp3) is 0.222. The SMILES string of the molecule is CCOC(=O)c1ccc(Nc2c(C(=O)NOCCO)ccc(F)c2F)cc1. The van der Waals surface area contributed by atoms with Gasteiger partial charge in [0.15, 0.2) is 11.6 Å². The van der Waals surface area contributed by atoms with E-state index in [-0.39, 0.29) is 30.9 Å². The smallest absolute Gasteiger partial charge is 0.338 e. The number of carbonyl (C=O) groups excluding carboxylic acids is 2. The van der Waals surface area contributed by atoms with Crippen LogP contribution in [0.25, 0.3) is 0 Å². The average Bonchev–Trinajstić information content (AvgIpc) is 2.66. The van der Waals surface area contributed by atoms with Gasteiger partial charge in [-0.3, -0.25) is 9.63 Å². The summed E-state index contributed by atoms with van der Waals surface area (Å²) in [5.74, 6) is -3.73. The van der Waals surface area contributed by atoms with Crippen LogP contribution in [0.2, 0.25) is 0 Å². The fourth-order valence-electron chi connectivity index (χ4n) is 2.13. The van der Waals surface area contributed by atoms with Gasteiger partial charge < -0.3 is 15.2 Å². The molecule has 0 aliphatic heterocycles. The largest absolute Gasteiger partial charge is 0.462 e. The summed E-state index contributed by atoms with van der Waals surface area (Å²) in [7, 11) is 0. The molecule has 0 saturated heterocycles. The van der Waals surface area contributed by atoms with E-state index in [0.717, 1.165) is 12.1 Å². The molecule has 0 radical (unpaired) electrons. The molecule has 0 bridgehead atoms. The van der Waals surface area contributed by atoms with E-state index >= 15 is 0 Å². The van der Waals surface area contributed by atoms with Crippen molar-refractivity contribution >= 4 is 23.3 Å². The molecule has 2 aromatic rings. The highest BCUT2D eigenvalue weighted by Gasteiger charge is 2.19. The van der Waals surface area contributed by atoms with Gasteiger partial charge in [0.05, 0.1) is 36.6 Å². The monoisotopic (exact) mass is 380 g/mol. The van der Waals surface area contributed by atoms with Crippen molar-refractivity contribution in [2.75, 3.05) is 25.1 Å². The van der Waals surface area contributed by atoms with E-state index in [1.807, 2.05) is 5.48 Å². The van der Waals surface area contributed by atoms with Crippen molar-refractivity contribution in [3.63, 3.8) is 0 Å². The third-order valence-electron chi connectivity index (χ3n) is 3.36. The Kier molecular flexibility index (Phi) is 7.21. The summed E-state index contributed by atoms with van der Waals surface area (Å²) in [5, 5.41) is 11.3. The van der Waals surface area contributed by atoms with Crippen molar-refractivity contribution in [1.82, 2.24) is 5.48 Å². The molecule has 0 atom stereocenters. The molecule has 2 aromatic carbocycles. The first kappa shape index (κ1) is 20.3. The molecule has 27 heavy (non-hydrogen) atoms. The highest BCUT2D eigenvalue weighted by atomic mass is 19.2. The summed E-state index contributed by atoms with van der Waals surface area (Å²) in [6.45, 7) is 1.42. The Hall–Kier alpha value is -3.04. The summed E-state index contributed by atoms with van der Waals surface area (Å²) < 4.78 is 32.7. The van der Waals surface area contributed by atoms with Crippen molar-refractivity contribution in [2.24, 2.45) is 0 Å². The number of hydroxylamine groups is 1. The molecule has 0 spiro atoms. The van der Waals surface area contributed by atoms with Crippen molar-refractivity contribution < 1.29 is 33.1 Å². The number of ether oxygens (including phenoxy) is 1. The highest BCUT2D eigenvalue weighted by Crippen LogP contribution is 2.27. The van der Waals surface area contributed by atoms with Crippen LogP contribution in [0.15, 0.2) is 36.4 Å². The number of amides is 1. The van der Waals surface area contributed by atoms with E-state index in [9.17, 15) is 18.4 Å². The topological polar surface area (TPSA) is 96.9 Å². The van der Waals surface area contributed by atoms with Gasteiger partial charge >= 0.3 is 5.97 Å². The maximum Gasteiger partial charge on any atom is 0.338 e. The fourth-order valence-corrected chi connectivity index (χ4v) is 2.13. The molecule has 0 aliphatic carbocycles. The summed E-state index contributed by atoms with van der Waals surface area (Å²) in [6.07, 6.45) is 0. The lowest BCUT2D eigenvalue weighted by molar-refractivity contribution is 0.0168. The molecule has 0 saturated carbocycles. The first-order valence-corrected chi connectivity index (χ1v) is 8.03. The zero-order chi connectivity index (χ0) is 19.8. The third-order valence-corrected chi connectivity index (χ3v) is 3.36. The number of halogens is 2. The standard InChI is InChI=1S/C18H18F2N2O5/c1-2-26-18(25)11-3-5-12(6-4-11)21-16-13(7-8-14(19)15(16)20)17(24)22-27-10-9-23/h3-8,21,23H,2,9-10H2,1H3,(H,22,24). The molecule has 0 unspecified atom stereocenters. The van der Waals surface area contributed by atoms with Crippen LogP contribution in [-0.4, -0.2) is 36.8 Å². The van der Waals surface area contributed by atoms with E-state index in [2.05, 4.69) is 5.32 Å². The van der Waals surface area contributed by atoms with Crippen LogP contribution in [0.5, 0.6) is 0 Å². The summed E-state index contributed by atoms with van der Waals surface area (Å²) in [4.78, 5) is 28.4. The van der Waals surface area contributed by atoms with E-state index < -0.39 is 29.2 Å². The van der Waals surface area contributed by atoms with Crippen LogP contribution < -0.4 is 10.8 Å². The number of hydrogen-bond donors (Lipinski definition) is 3. The Balaban J connectivity index is 2.25. The molecular formula is C18H18F2N2O5. The second-order valence-electron chi connectivity index (χ2n) is 5.21. The molecule has 144 valence electrons. The normalized spacial score (nSPS) is 10.4. The molecule has 1 amide bonds. The van der Waals surface area contributed by atoms with E-state index in [4.69, 9.17) is 14.7 Å². The average molecular weight is 380 g/mol. The number of carbonyl (C=O) groups is 2. The predicted octanol–water partition coefficient (Wildman–Crippen LogP) is 2.54. The van der Waals surface area contributed by atoms with Crippen LogP contribution in [0.1, 0.15) is 27.6 Å². The van der Waals surface area contributed by atoms with Crippen molar-refractivity contribution in [1.29, 1.82) is 0 Å². The van der Waals surface area contributed by atoms with Crippen LogP contribution in [0.4, 0.5) is 20.2 Å². The van der Waals surface area contributed by atoms with Gasteiger partial charge in [0.25, 0.3) is 5.91 Å². The zero-order valence-electron chi connectivity index (χ0n) is 14.4. The second-order valence-corrected chi connectivity index (χ2v) is 5.21. The molecule has 0 aromatic heterocycles. The van der Waals surface area contributed by atoms with Gasteiger partial charge in [-0.15, -0.1) is 0 Å². The molecule has 2 rings (SSSR count). The van der Waals surface area contributed by atoms with Crippen molar-refractivity contribution in [2.45, 2.75) is 6.92 Å². The van der Waals surface area contributed by atoms with Gasteiger partial charge in [0, 0.05) is 5.69 Å².